The Morgan fingerprint density at radius 2 is 1.97 bits per heavy atom. The van der Waals surface area contributed by atoms with Crippen LogP contribution in [0.15, 0.2) is 61.1 Å². The first kappa shape index (κ1) is 21.6. The number of rotatable bonds is 8. The van der Waals surface area contributed by atoms with Crippen LogP contribution < -0.4 is 19.7 Å². The largest absolute Gasteiger partial charge is 0.490 e. The van der Waals surface area contributed by atoms with Crippen LogP contribution in [0.25, 0.3) is 0 Å². The molecular weight excluding hydrogens is 408 g/mol. The summed E-state index contributed by atoms with van der Waals surface area (Å²) in [5.74, 6) is 1.72. The molecule has 8 heteroatoms. The van der Waals surface area contributed by atoms with Crippen molar-refractivity contribution in [3.63, 3.8) is 0 Å². The van der Waals surface area contributed by atoms with E-state index in [-0.39, 0.29) is 5.91 Å². The van der Waals surface area contributed by atoms with Crippen LogP contribution in [0.1, 0.15) is 22.8 Å². The number of hydrogen-bond acceptors (Lipinski definition) is 7. The summed E-state index contributed by atoms with van der Waals surface area (Å²) in [5, 5.41) is 2.89. The summed E-state index contributed by atoms with van der Waals surface area (Å²) in [7, 11) is 0. The normalized spacial score (nSPS) is 13.5. The third-order valence-electron chi connectivity index (χ3n) is 4.96. The highest BCUT2D eigenvalue weighted by Crippen LogP contribution is 2.29. The minimum absolute atomic E-state index is 0.245. The molecule has 1 aliphatic heterocycles. The number of nitrogens with zero attached hydrogens (tertiary/aromatic N) is 3. The van der Waals surface area contributed by atoms with Crippen LogP contribution in [0.3, 0.4) is 0 Å². The van der Waals surface area contributed by atoms with Crippen molar-refractivity contribution in [2.45, 2.75) is 13.5 Å². The minimum Gasteiger partial charge on any atom is -0.490 e. The average molecular weight is 434 g/mol. The van der Waals surface area contributed by atoms with Gasteiger partial charge in [-0.3, -0.25) is 9.78 Å². The van der Waals surface area contributed by atoms with Crippen LogP contribution >= 0.6 is 0 Å². The molecule has 1 saturated heterocycles. The van der Waals surface area contributed by atoms with E-state index in [0.29, 0.717) is 49.2 Å². The Morgan fingerprint density at radius 3 is 2.69 bits per heavy atom. The van der Waals surface area contributed by atoms with Gasteiger partial charge in [0.05, 0.1) is 31.7 Å². The highest BCUT2D eigenvalue weighted by Gasteiger charge is 2.14. The quantitative estimate of drug-likeness (QED) is 0.580. The lowest BCUT2D eigenvalue weighted by Gasteiger charge is -2.27. The van der Waals surface area contributed by atoms with E-state index >= 15 is 0 Å². The Balaban J connectivity index is 1.41. The number of nitrogens with one attached hydrogen (secondary N) is 1. The average Bonchev–Trinajstić information content (AvgIpc) is 2.85. The molecule has 3 aromatic rings. The summed E-state index contributed by atoms with van der Waals surface area (Å²) >= 11 is 0. The van der Waals surface area contributed by atoms with Gasteiger partial charge in [-0.15, -0.1) is 0 Å². The minimum atomic E-state index is -0.245. The van der Waals surface area contributed by atoms with Gasteiger partial charge in [-0.1, -0.05) is 6.07 Å². The third kappa shape index (κ3) is 5.53. The van der Waals surface area contributed by atoms with Crippen molar-refractivity contribution in [1.82, 2.24) is 9.97 Å². The summed E-state index contributed by atoms with van der Waals surface area (Å²) in [6, 6.07) is 12.7. The molecule has 1 N–H and O–H groups in total. The summed E-state index contributed by atoms with van der Waals surface area (Å²) < 4.78 is 17.0. The molecule has 3 heterocycles. The molecule has 32 heavy (non-hydrogen) atoms. The second kappa shape index (κ2) is 10.6. The molecule has 0 radical (unpaired) electrons. The molecule has 1 fully saturated rings. The maximum absolute atomic E-state index is 12.8. The molecule has 8 nitrogen and oxygen atoms in total. The molecule has 4 rings (SSSR count). The van der Waals surface area contributed by atoms with E-state index in [9.17, 15) is 4.79 Å². The van der Waals surface area contributed by atoms with Gasteiger partial charge in [0.1, 0.15) is 12.4 Å². The molecule has 0 bridgehead atoms. The number of morpholine rings is 1. The molecule has 1 aliphatic rings. The van der Waals surface area contributed by atoms with E-state index in [1.807, 2.05) is 31.2 Å². The monoisotopic (exact) mass is 434 g/mol. The predicted octanol–water partition coefficient (Wildman–Crippen LogP) is 3.54. The van der Waals surface area contributed by atoms with E-state index in [0.717, 1.165) is 24.5 Å². The van der Waals surface area contributed by atoms with Crippen LogP contribution in [0, 0.1) is 0 Å². The van der Waals surface area contributed by atoms with Crippen LogP contribution in [0.4, 0.5) is 11.5 Å². The van der Waals surface area contributed by atoms with Crippen LogP contribution in [0.2, 0.25) is 0 Å². The molecule has 1 aromatic carbocycles. The van der Waals surface area contributed by atoms with Crippen molar-refractivity contribution in [3.05, 3.63) is 72.2 Å². The topological polar surface area (TPSA) is 85.8 Å². The Bertz CT molecular complexity index is 1020. The van der Waals surface area contributed by atoms with Crippen molar-refractivity contribution in [1.29, 1.82) is 0 Å². The smallest absolute Gasteiger partial charge is 0.255 e. The first-order valence-corrected chi connectivity index (χ1v) is 10.6. The van der Waals surface area contributed by atoms with E-state index < -0.39 is 0 Å². The fourth-order valence-electron chi connectivity index (χ4n) is 3.32. The molecule has 0 atom stereocenters. The SMILES string of the molecule is CCOc1cc(C(=O)Nc2ccc(N3CCOCC3)nc2)ccc1OCc1cccnc1. The van der Waals surface area contributed by atoms with E-state index in [2.05, 4.69) is 20.2 Å². The lowest BCUT2D eigenvalue weighted by atomic mass is 10.2. The van der Waals surface area contributed by atoms with E-state index in [1.165, 1.54) is 0 Å². The highest BCUT2D eigenvalue weighted by atomic mass is 16.5. The zero-order valence-electron chi connectivity index (χ0n) is 18.0. The van der Waals surface area contributed by atoms with Gasteiger partial charge in [-0.05, 0) is 43.3 Å². The Kier molecular flexibility index (Phi) is 7.14. The van der Waals surface area contributed by atoms with Gasteiger partial charge in [0.2, 0.25) is 0 Å². The maximum atomic E-state index is 12.8. The zero-order chi connectivity index (χ0) is 22.2. The molecule has 2 aromatic heterocycles. The standard InChI is InChI=1S/C24H26N4O4/c1-2-31-22-14-19(5-7-21(22)32-17-18-4-3-9-25-15-18)24(29)27-20-6-8-23(26-16-20)28-10-12-30-13-11-28/h3-9,14-16H,2,10-13,17H2,1H3,(H,27,29). The Labute approximate surface area is 187 Å². The summed E-state index contributed by atoms with van der Waals surface area (Å²) in [5.41, 5.74) is 2.05. The van der Waals surface area contributed by atoms with Crippen LogP contribution in [-0.2, 0) is 11.3 Å². The van der Waals surface area contributed by atoms with Gasteiger partial charge in [-0.2, -0.15) is 0 Å². The zero-order valence-corrected chi connectivity index (χ0v) is 18.0. The van der Waals surface area contributed by atoms with Gasteiger partial charge in [-0.25, -0.2) is 4.98 Å². The first-order valence-electron chi connectivity index (χ1n) is 10.6. The van der Waals surface area contributed by atoms with Crippen molar-refractivity contribution in [2.75, 3.05) is 43.1 Å². The first-order chi connectivity index (χ1) is 15.7. The van der Waals surface area contributed by atoms with Crippen LogP contribution in [0.5, 0.6) is 11.5 Å². The van der Waals surface area contributed by atoms with E-state index in [1.54, 1.807) is 36.8 Å². The number of benzene rings is 1. The van der Waals surface area contributed by atoms with Gasteiger partial charge < -0.3 is 24.4 Å². The summed E-state index contributed by atoms with van der Waals surface area (Å²) in [4.78, 5) is 23.5. The third-order valence-corrected chi connectivity index (χ3v) is 4.96. The molecule has 0 unspecified atom stereocenters. The number of amides is 1. The van der Waals surface area contributed by atoms with E-state index in [4.69, 9.17) is 14.2 Å². The number of ether oxygens (including phenoxy) is 3. The predicted molar refractivity (Wildman–Crippen MR) is 121 cm³/mol. The number of pyridine rings is 2. The van der Waals surface area contributed by atoms with Crippen molar-refractivity contribution in [3.8, 4) is 11.5 Å². The van der Waals surface area contributed by atoms with Crippen molar-refractivity contribution in [2.24, 2.45) is 0 Å². The summed E-state index contributed by atoms with van der Waals surface area (Å²) in [6.45, 7) is 5.73. The Hall–Kier alpha value is -3.65. The Morgan fingerprint density at radius 1 is 1.09 bits per heavy atom. The highest BCUT2D eigenvalue weighted by molar-refractivity contribution is 6.04. The van der Waals surface area contributed by atoms with Gasteiger partial charge in [0.15, 0.2) is 11.5 Å². The lowest BCUT2D eigenvalue weighted by molar-refractivity contribution is 0.102. The van der Waals surface area contributed by atoms with Gasteiger partial charge in [0.25, 0.3) is 5.91 Å². The number of carbonyl (C=O) groups excluding carboxylic acids is 1. The molecule has 166 valence electrons. The second-order valence-corrected chi connectivity index (χ2v) is 7.20. The molecular formula is C24H26N4O4. The number of carbonyl (C=O) groups is 1. The van der Waals surface area contributed by atoms with Gasteiger partial charge >= 0.3 is 0 Å². The fourth-order valence-corrected chi connectivity index (χ4v) is 3.32. The fraction of sp³-hybridized carbons (Fsp3) is 0.292. The maximum Gasteiger partial charge on any atom is 0.255 e. The molecule has 0 aliphatic carbocycles. The lowest BCUT2D eigenvalue weighted by Crippen LogP contribution is -2.36. The number of hydrogen-bond donors (Lipinski definition) is 1. The number of aromatic nitrogens is 2. The van der Waals surface area contributed by atoms with Crippen LogP contribution in [-0.4, -0.2) is 48.8 Å². The summed E-state index contributed by atoms with van der Waals surface area (Å²) in [6.07, 6.45) is 5.13. The van der Waals surface area contributed by atoms with Crippen molar-refractivity contribution >= 4 is 17.4 Å². The molecule has 0 saturated carbocycles. The van der Waals surface area contributed by atoms with Gasteiger partial charge in [0, 0.05) is 36.6 Å². The van der Waals surface area contributed by atoms with Crippen molar-refractivity contribution < 1.29 is 19.0 Å². The molecule has 1 amide bonds. The molecule has 0 spiro atoms. The number of anilines is 2. The second-order valence-electron chi connectivity index (χ2n) is 7.20.